The van der Waals surface area contributed by atoms with Crippen LogP contribution in [0.4, 0.5) is 0 Å². The predicted octanol–water partition coefficient (Wildman–Crippen LogP) is 4.50. The molecule has 0 aromatic carbocycles. The van der Waals surface area contributed by atoms with E-state index >= 15 is 0 Å². The number of amides is 1. The topological polar surface area (TPSA) is 29.5 Å². The number of carbonyl (C=O) groups excluding carboxylic acids is 1. The molecule has 0 aliphatic carbocycles. The smallest absolute Gasteiger partial charge is 0.224 e. The van der Waals surface area contributed by atoms with Crippen molar-refractivity contribution < 1.29 is 9.53 Å². The summed E-state index contributed by atoms with van der Waals surface area (Å²) >= 11 is 0. The van der Waals surface area contributed by atoms with Crippen molar-refractivity contribution in [3.8, 4) is 0 Å². The van der Waals surface area contributed by atoms with E-state index < -0.39 is 0 Å². The van der Waals surface area contributed by atoms with E-state index in [0.29, 0.717) is 23.9 Å². The Morgan fingerprint density at radius 2 is 1.64 bits per heavy atom. The van der Waals surface area contributed by atoms with Gasteiger partial charge in [-0.15, -0.1) is 0 Å². The number of hydrogen-bond donors (Lipinski definition) is 0. The maximum absolute atomic E-state index is 12.2. The summed E-state index contributed by atoms with van der Waals surface area (Å²) in [6.45, 7) is 16.9. The van der Waals surface area contributed by atoms with E-state index in [0.717, 1.165) is 44.9 Å². The minimum Gasteiger partial charge on any atom is -0.381 e. The Hall–Kier alpha value is -0.570. The summed E-state index contributed by atoms with van der Waals surface area (Å²) in [5.74, 6) is 1.01. The molecule has 0 saturated carbocycles. The minimum atomic E-state index is 0.267. The first-order valence-corrected chi connectivity index (χ1v) is 8.95. The summed E-state index contributed by atoms with van der Waals surface area (Å²) in [6.07, 6.45) is 5.06. The van der Waals surface area contributed by atoms with Gasteiger partial charge in [0.25, 0.3) is 0 Å². The third kappa shape index (κ3) is 7.62. The number of likely N-dealkylation sites (tertiary alicyclic amines) is 1. The number of hydrogen-bond acceptors (Lipinski definition) is 2. The van der Waals surface area contributed by atoms with Gasteiger partial charge in [0, 0.05) is 19.7 Å². The molecule has 0 aromatic heterocycles. The molecule has 0 spiro atoms. The van der Waals surface area contributed by atoms with Gasteiger partial charge >= 0.3 is 0 Å². The molecule has 0 N–H and O–H groups in total. The average Bonchev–Trinajstić information content (AvgIpc) is 2.40. The van der Waals surface area contributed by atoms with Crippen molar-refractivity contribution in [1.29, 1.82) is 0 Å². The molecule has 0 atom stereocenters. The van der Waals surface area contributed by atoms with E-state index in [1.807, 2.05) is 4.90 Å². The van der Waals surface area contributed by atoms with E-state index in [2.05, 4.69) is 41.5 Å². The van der Waals surface area contributed by atoms with Crippen molar-refractivity contribution in [3.05, 3.63) is 0 Å². The molecule has 130 valence electrons. The van der Waals surface area contributed by atoms with Crippen LogP contribution in [0.5, 0.6) is 0 Å². The standard InChI is InChI=1S/C19H37NO2/c1-18(2,3)11-7-14-22-15-10-17(21)20-12-8-16(9-13-20)19(4,5)6/h16H,7-15H2,1-6H3. The van der Waals surface area contributed by atoms with Gasteiger partial charge in [0.1, 0.15) is 0 Å². The largest absolute Gasteiger partial charge is 0.381 e. The molecular weight excluding hydrogens is 274 g/mol. The Bertz CT molecular complexity index is 330. The molecule has 1 rings (SSSR count). The second-order valence-corrected chi connectivity index (χ2v) is 9.05. The maximum Gasteiger partial charge on any atom is 0.224 e. The second kappa shape index (κ2) is 8.33. The summed E-state index contributed by atoms with van der Waals surface area (Å²) in [5, 5.41) is 0. The third-order valence-corrected chi connectivity index (χ3v) is 4.75. The molecular formula is C19H37NO2. The SMILES string of the molecule is CC(C)(C)CCCOCCC(=O)N1CCC(C(C)(C)C)CC1. The molecule has 3 heteroatoms. The number of rotatable bonds is 6. The van der Waals surface area contributed by atoms with Crippen molar-refractivity contribution in [3.63, 3.8) is 0 Å². The Kier molecular flexibility index (Phi) is 7.37. The van der Waals surface area contributed by atoms with Gasteiger partial charge in [0.05, 0.1) is 13.0 Å². The molecule has 0 bridgehead atoms. The fourth-order valence-electron chi connectivity index (χ4n) is 3.12. The monoisotopic (exact) mass is 311 g/mol. The van der Waals surface area contributed by atoms with Crippen molar-refractivity contribution >= 4 is 5.91 Å². The highest BCUT2D eigenvalue weighted by molar-refractivity contribution is 5.76. The first-order valence-electron chi connectivity index (χ1n) is 8.95. The second-order valence-electron chi connectivity index (χ2n) is 9.05. The van der Waals surface area contributed by atoms with Gasteiger partial charge in [-0.3, -0.25) is 4.79 Å². The lowest BCUT2D eigenvalue weighted by atomic mass is 9.75. The van der Waals surface area contributed by atoms with Gasteiger partial charge in [-0.1, -0.05) is 41.5 Å². The Morgan fingerprint density at radius 1 is 1.05 bits per heavy atom. The van der Waals surface area contributed by atoms with Crippen LogP contribution < -0.4 is 0 Å². The summed E-state index contributed by atoms with van der Waals surface area (Å²) in [5.41, 5.74) is 0.738. The fraction of sp³-hybridized carbons (Fsp3) is 0.947. The van der Waals surface area contributed by atoms with Crippen LogP contribution in [0.25, 0.3) is 0 Å². The lowest BCUT2D eigenvalue weighted by molar-refractivity contribution is -0.134. The molecule has 1 heterocycles. The van der Waals surface area contributed by atoms with Crippen molar-refractivity contribution in [2.75, 3.05) is 26.3 Å². The van der Waals surface area contributed by atoms with Crippen molar-refractivity contribution in [2.45, 2.75) is 73.6 Å². The average molecular weight is 312 g/mol. The number of nitrogens with zero attached hydrogens (tertiary/aromatic N) is 1. The molecule has 0 unspecified atom stereocenters. The van der Waals surface area contributed by atoms with Crippen LogP contribution in [-0.2, 0) is 9.53 Å². The van der Waals surface area contributed by atoms with E-state index in [-0.39, 0.29) is 5.91 Å². The van der Waals surface area contributed by atoms with E-state index in [1.54, 1.807) is 0 Å². The summed E-state index contributed by atoms with van der Waals surface area (Å²) in [4.78, 5) is 14.2. The molecule has 3 nitrogen and oxygen atoms in total. The van der Waals surface area contributed by atoms with Crippen LogP contribution in [0.3, 0.4) is 0 Å². The van der Waals surface area contributed by atoms with E-state index in [4.69, 9.17) is 4.74 Å². The van der Waals surface area contributed by atoms with Gasteiger partial charge in [-0.25, -0.2) is 0 Å². The molecule has 0 aromatic rings. The fourth-order valence-corrected chi connectivity index (χ4v) is 3.12. The lowest BCUT2D eigenvalue weighted by Gasteiger charge is -2.38. The number of piperidine rings is 1. The highest BCUT2D eigenvalue weighted by Gasteiger charge is 2.30. The first-order chi connectivity index (χ1) is 10.1. The molecule has 1 fully saturated rings. The summed E-state index contributed by atoms with van der Waals surface area (Å²) < 4.78 is 5.62. The van der Waals surface area contributed by atoms with Crippen LogP contribution in [0.15, 0.2) is 0 Å². The van der Waals surface area contributed by atoms with Gasteiger partial charge < -0.3 is 9.64 Å². The summed E-state index contributed by atoms with van der Waals surface area (Å²) in [6, 6.07) is 0. The van der Waals surface area contributed by atoms with Gasteiger partial charge in [0.2, 0.25) is 5.91 Å². The molecule has 22 heavy (non-hydrogen) atoms. The first kappa shape index (κ1) is 19.5. The zero-order valence-electron chi connectivity index (χ0n) is 15.7. The van der Waals surface area contributed by atoms with Crippen LogP contribution in [0, 0.1) is 16.7 Å². The quantitative estimate of drug-likeness (QED) is 0.676. The third-order valence-electron chi connectivity index (χ3n) is 4.75. The minimum absolute atomic E-state index is 0.267. The van der Waals surface area contributed by atoms with Crippen molar-refractivity contribution in [2.24, 2.45) is 16.7 Å². The molecule has 1 aliphatic rings. The van der Waals surface area contributed by atoms with Crippen molar-refractivity contribution in [1.82, 2.24) is 4.90 Å². The van der Waals surface area contributed by atoms with Gasteiger partial charge in [-0.05, 0) is 42.4 Å². The van der Waals surface area contributed by atoms with Gasteiger partial charge in [-0.2, -0.15) is 0 Å². The van der Waals surface area contributed by atoms with E-state index in [9.17, 15) is 4.79 Å². The normalized spacial score (nSPS) is 17.8. The van der Waals surface area contributed by atoms with Crippen LogP contribution in [0.1, 0.15) is 73.6 Å². The number of carbonyl (C=O) groups is 1. The van der Waals surface area contributed by atoms with E-state index in [1.165, 1.54) is 6.42 Å². The van der Waals surface area contributed by atoms with Crippen LogP contribution in [0.2, 0.25) is 0 Å². The Labute approximate surface area is 137 Å². The predicted molar refractivity (Wildman–Crippen MR) is 92.9 cm³/mol. The summed E-state index contributed by atoms with van der Waals surface area (Å²) in [7, 11) is 0. The lowest BCUT2D eigenvalue weighted by Crippen LogP contribution is -2.41. The molecule has 1 saturated heterocycles. The molecule has 0 radical (unpaired) electrons. The highest BCUT2D eigenvalue weighted by Crippen LogP contribution is 2.34. The van der Waals surface area contributed by atoms with Crippen LogP contribution >= 0.6 is 0 Å². The molecule has 1 amide bonds. The molecule has 1 aliphatic heterocycles. The Morgan fingerprint density at radius 3 is 2.14 bits per heavy atom. The Balaban J connectivity index is 2.12. The zero-order chi connectivity index (χ0) is 16.8. The van der Waals surface area contributed by atoms with Gasteiger partial charge in [0.15, 0.2) is 0 Å². The highest BCUT2D eigenvalue weighted by atomic mass is 16.5. The zero-order valence-corrected chi connectivity index (χ0v) is 15.7. The maximum atomic E-state index is 12.2. The van der Waals surface area contributed by atoms with Crippen LogP contribution in [-0.4, -0.2) is 37.1 Å². The number of ether oxygens (including phenoxy) is 1.